The molecule has 1 fully saturated rings. The van der Waals surface area contributed by atoms with Crippen LogP contribution in [-0.4, -0.2) is 36.7 Å². The van der Waals surface area contributed by atoms with Crippen LogP contribution in [0.25, 0.3) is 0 Å². The van der Waals surface area contributed by atoms with Crippen LogP contribution in [-0.2, 0) is 9.53 Å². The van der Waals surface area contributed by atoms with E-state index in [2.05, 4.69) is 18.5 Å². The summed E-state index contributed by atoms with van der Waals surface area (Å²) in [4.78, 5) is 11.4. The highest BCUT2D eigenvalue weighted by molar-refractivity contribution is 7.99. The molecule has 1 rings (SSSR count). The van der Waals surface area contributed by atoms with E-state index in [1.54, 1.807) is 0 Å². The standard InChI is InChI=1S/C13H25NO2S/c1-3-4-8-16-13(15)10-14-11-6-5-7-12(9-11)17-2/h11-12,14H,3-10H2,1-2H3. The maximum Gasteiger partial charge on any atom is 0.319 e. The summed E-state index contributed by atoms with van der Waals surface area (Å²) in [6.07, 6.45) is 9.17. The number of ether oxygens (including phenoxy) is 1. The molecule has 0 aliphatic heterocycles. The zero-order valence-corrected chi connectivity index (χ0v) is 11.9. The normalized spacial score (nSPS) is 24.6. The second-order valence-corrected chi connectivity index (χ2v) is 5.81. The zero-order valence-electron chi connectivity index (χ0n) is 11.0. The van der Waals surface area contributed by atoms with Gasteiger partial charge in [0.05, 0.1) is 13.2 Å². The Bertz CT molecular complexity index is 223. The van der Waals surface area contributed by atoms with E-state index in [4.69, 9.17) is 4.74 Å². The largest absolute Gasteiger partial charge is 0.465 e. The Labute approximate surface area is 109 Å². The van der Waals surface area contributed by atoms with E-state index in [1.807, 2.05) is 11.8 Å². The lowest BCUT2D eigenvalue weighted by atomic mass is 9.95. The maximum atomic E-state index is 11.4. The highest BCUT2D eigenvalue weighted by atomic mass is 32.2. The Morgan fingerprint density at radius 3 is 3.00 bits per heavy atom. The summed E-state index contributed by atoms with van der Waals surface area (Å²) in [5, 5.41) is 4.09. The monoisotopic (exact) mass is 259 g/mol. The second-order valence-electron chi connectivity index (χ2n) is 4.68. The summed E-state index contributed by atoms with van der Waals surface area (Å²) in [5.41, 5.74) is 0. The van der Waals surface area contributed by atoms with Gasteiger partial charge in [-0.3, -0.25) is 4.79 Å². The number of esters is 1. The van der Waals surface area contributed by atoms with Crippen molar-refractivity contribution in [2.75, 3.05) is 19.4 Å². The molecule has 0 bridgehead atoms. The lowest BCUT2D eigenvalue weighted by Crippen LogP contribution is -2.38. The smallest absolute Gasteiger partial charge is 0.319 e. The fourth-order valence-corrected chi connectivity index (χ4v) is 2.98. The molecular weight excluding hydrogens is 234 g/mol. The third kappa shape index (κ3) is 6.32. The first-order chi connectivity index (χ1) is 8.26. The lowest BCUT2D eigenvalue weighted by Gasteiger charge is -2.28. The van der Waals surface area contributed by atoms with Crippen LogP contribution < -0.4 is 5.32 Å². The number of thioether (sulfide) groups is 1. The average Bonchev–Trinajstić information content (AvgIpc) is 2.37. The van der Waals surface area contributed by atoms with Gasteiger partial charge in [0.1, 0.15) is 0 Å². The lowest BCUT2D eigenvalue weighted by molar-refractivity contribution is -0.142. The highest BCUT2D eigenvalue weighted by Crippen LogP contribution is 2.26. The van der Waals surface area contributed by atoms with E-state index in [1.165, 1.54) is 25.7 Å². The van der Waals surface area contributed by atoms with Gasteiger partial charge in [-0.05, 0) is 31.9 Å². The third-order valence-electron chi connectivity index (χ3n) is 3.26. The van der Waals surface area contributed by atoms with Gasteiger partial charge in [0.25, 0.3) is 0 Å². The highest BCUT2D eigenvalue weighted by Gasteiger charge is 2.21. The van der Waals surface area contributed by atoms with Gasteiger partial charge in [0.15, 0.2) is 0 Å². The molecule has 1 saturated carbocycles. The quantitative estimate of drug-likeness (QED) is 0.563. The van der Waals surface area contributed by atoms with E-state index in [9.17, 15) is 4.79 Å². The molecule has 0 radical (unpaired) electrons. The molecule has 100 valence electrons. The molecule has 2 atom stereocenters. The Morgan fingerprint density at radius 2 is 2.29 bits per heavy atom. The molecule has 0 heterocycles. The molecule has 1 aliphatic carbocycles. The predicted octanol–water partition coefficient (Wildman–Crippen LogP) is 2.59. The minimum absolute atomic E-state index is 0.107. The summed E-state index contributed by atoms with van der Waals surface area (Å²) in [5.74, 6) is -0.107. The van der Waals surface area contributed by atoms with E-state index in [0.29, 0.717) is 19.2 Å². The van der Waals surface area contributed by atoms with Gasteiger partial charge in [0.2, 0.25) is 0 Å². The first-order valence-corrected chi connectivity index (χ1v) is 7.96. The van der Waals surface area contributed by atoms with Crippen molar-refractivity contribution in [2.45, 2.75) is 56.7 Å². The van der Waals surface area contributed by atoms with E-state index in [0.717, 1.165) is 18.1 Å². The van der Waals surface area contributed by atoms with Crippen molar-refractivity contribution in [1.29, 1.82) is 0 Å². The third-order valence-corrected chi connectivity index (χ3v) is 4.35. The fourth-order valence-electron chi connectivity index (χ4n) is 2.15. The average molecular weight is 259 g/mol. The van der Waals surface area contributed by atoms with E-state index in [-0.39, 0.29) is 5.97 Å². The van der Waals surface area contributed by atoms with E-state index >= 15 is 0 Å². The number of hydrogen-bond acceptors (Lipinski definition) is 4. The second kappa shape index (κ2) is 8.81. The minimum Gasteiger partial charge on any atom is -0.465 e. The molecule has 4 heteroatoms. The van der Waals surface area contributed by atoms with Crippen LogP contribution in [0.2, 0.25) is 0 Å². The molecule has 17 heavy (non-hydrogen) atoms. The minimum atomic E-state index is -0.107. The van der Waals surface area contributed by atoms with Gasteiger partial charge in [-0.25, -0.2) is 0 Å². The van der Waals surface area contributed by atoms with Gasteiger partial charge in [-0.1, -0.05) is 19.8 Å². The van der Waals surface area contributed by atoms with Gasteiger partial charge in [0, 0.05) is 11.3 Å². The first-order valence-electron chi connectivity index (χ1n) is 6.68. The number of carbonyl (C=O) groups is 1. The number of hydrogen-bond donors (Lipinski definition) is 1. The fraction of sp³-hybridized carbons (Fsp3) is 0.923. The van der Waals surface area contributed by atoms with Crippen molar-refractivity contribution in [3.05, 3.63) is 0 Å². The summed E-state index contributed by atoms with van der Waals surface area (Å²) < 4.78 is 5.12. The number of unbranched alkanes of at least 4 members (excludes halogenated alkanes) is 1. The summed E-state index contributed by atoms with van der Waals surface area (Å²) >= 11 is 1.94. The Balaban J connectivity index is 2.10. The van der Waals surface area contributed by atoms with Crippen LogP contribution in [0, 0.1) is 0 Å². The summed E-state index contributed by atoms with van der Waals surface area (Å²) in [6, 6.07) is 0.500. The molecule has 0 aromatic heterocycles. The Morgan fingerprint density at radius 1 is 1.47 bits per heavy atom. The molecule has 2 unspecified atom stereocenters. The van der Waals surface area contributed by atoms with Crippen molar-refractivity contribution < 1.29 is 9.53 Å². The van der Waals surface area contributed by atoms with Gasteiger partial charge in [-0.2, -0.15) is 11.8 Å². The first kappa shape index (κ1) is 14.8. The molecule has 0 amide bonds. The van der Waals surface area contributed by atoms with Crippen molar-refractivity contribution in [3.63, 3.8) is 0 Å². The molecular formula is C13H25NO2S. The van der Waals surface area contributed by atoms with Crippen LogP contribution in [0.3, 0.4) is 0 Å². The topological polar surface area (TPSA) is 38.3 Å². The van der Waals surface area contributed by atoms with Crippen molar-refractivity contribution in [1.82, 2.24) is 5.32 Å². The van der Waals surface area contributed by atoms with Crippen LogP contribution in [0.1, 0.15) is 45.4 Å². The summed E-state index contributed by atoms with van der Waals surface area (Å²) in [6.45, 7) is 3.03. The maximum absolute atomic E-state index is 11.4. The van der Waals surface area contributed by atoms with Crippen LogP contribution in [0.5, 0.6) is 0 Å². The molecule has 0 saturated heterocycles. The molecule has 0 spiro atoms. The SMILES string of the molecule is CCCCOC(=O)CNC1CCCC(SC)C1. The summed E-state index contributed by atoms with van der Waals surface area (Å²) in [7, 11) is 0. The van der Waals surface area contributed by atoms with Crippen molar-refractivity contribution in [3.8, 4) is 0 Å². The number of carbonyl (C=O) groups excluding carboxylic acids is 1. The van der Waals surface area contributed by atoms with Crippen LogP contribution >= 0.6 is 11.8 Å². The Kier molecular flexibility index (Phi) is 7.69. The van der Waals surface area contributed by atoms with Crippen LogP contribution in [0.15, 0.2) is 0 Å². The number of rotatable bonds is 7. The molecule has 3 nitrogen and oxygen atoms in total. The van der Waals surface area contributed by atoms with Gasteiger partial charge < -0.3 is 10.1 Å². The molecule has 1 N–H and O–H groups in total. The molecule has 0 aromatic carbocycles. The van der Waals surface area contributed by atoms with Gasteiger partial charge in [-0.15, -0.1) is 0 Å². The van der Waals surface area contributed by atoms with E-state index < -0.39 is 0 Å². The zero-order chi connectivity index (χ0) is 12.5. The molecule has 1 aliphatic rings. The predicted molar refractivity (Wildman–Crippen MR) is 73.4 cm³/mol. The van der Waals surface area contributed by atoms with Crippen LogP contribution in [0.4, 0.5) is 0 Å². The number of nitrogens with one attached hydrogen (secondary N) is 1. The van der Waals surface area contributed by atoms with Crippen molar-refractivity contribution in [2.24, 2.45) is 0 Å². The Hall–Kier alpha value is -0.220. The van der Waals surface area contributed by atoms with Gasteiger partial charge >= 0.3 is 5.97 Å². The molecule has 0 aromatic rings. The van der Waals surface area contributed by atoms with Crippen molar-refractivity contribution >= 4 is 17.7 Å².